The van der Waals surface area contributed by atoms with Crippen LogP contribution in [0.4, 0.5) is 18.9 Å². The van der Waals surface area contributed by atoms with E-state index in [2.05, 4.69) is 5.32 Å². The van der Waals surface area contributed by atoms with Gasteiger partial charge in [0.25, 0.3) is 5.56 Å². The van der Waals surface area contributed by atoms with E-state index in [1.807, 2.05) is 0 Å². The maximum absolute atomic E-state index is 13.2. The first-order chi connectivity index (χ1) is 12.5. The van der Waals surface area contributed by atoms with Crippen LogP contribution in [0.5, 0.6) is 0 Å². The molecular formula is C18H17Cl2F3N2O2. The number of rotatable bonds is 5. The van der Waals surface area contributed by atoms with Crippen molar-refractivity contribution in [3.8, 4) is 0 Å². The largest absolute Gasteiger partial charge is 0.417 e. The average molecular weight is 421 g/mol. The van der Waals surface area contributed by atoms with E-state index in [1.165, 1.54) is 12.1 Å². The number of pyridine rings is 1. The van der Waals surface area contributed by atoms with Gasteiger partial charge >= 0.3 is 6.18 Å². The van der Waals surface area contributed by atoms with Crippen molar-refractivity contribution < 1.29 is 18.0 Å². The molecule has 1 amide bonds. The van der Waals surface area contributed by atoms with Crippen molar-refractivity contribution in [2.24, 2.45) is 5.92 Å². The SMILES string of the molecule is CC(C)CC(=O)Nc1cc(C(F)(F)F)cn(Cc2c(Cl)cccc2Cl)c1=O. The molecule has 1 N–H and O–H groups in total. The second kappa shape index (κ2) is 8.35. The summed E-state index contributed by atoms with van der Waals surface area (Å²) < 4.78 is 40.6. The Kier molecular flexibility index (Phi) is 6.59. The Morgan fingerprint density at radius 3 is 2.33 bits per heavy atom. The van der Waals surface area contributed by atoms with Crippen LogP contribution in [0.15, 0.2) is 35.3 Å². The van der Waals surface area contributed by atoms with Gasteiger partial charge < -0.3 is 9.88 Å². The third kappa shape index (κ3) is 5.49. The molecule has 9 heteroatoms. The van der Waals surface area contributed by atoms with Crippen molar-refractivity contribution in [3.05, 3.63) is 62.0 Å². The fraction of sp³-hybridized carbons (Fsp3) is 0.333. The number of hydrogen-bond donors (Lipinski definition) is 1. The Hall–Kier alpha value is -1.99. The quantitative estimate of drug-likeness (QED) is 0.721. The number of nitrogens with zero attached hydrogens (tertiary/aromatic N) is 1. The molecule has 0 unspecified atom stereocenters. The van der Waals surface area contributed by atoms with Crippen molar-refractivity contribution in [2.45, 2.75) is 33.0 Å². The summed E-state index contributed by atoms with van der Waals surface area (Å²) in [5.74, 6) is -0.552. The van der Waals surface area contributed by atoms with Gasteiger partial charge in [-0.15, -0.1) is 0 Å². The molecule has 0 saturated heterocycles. The third-order valence-corrected chi connectivity index (χ3v) is 4.38. The Balaban J connectivity index is 2.52. The summed E-state index contributed by atoms with van der Waals surface area (Å²) in [6.07, 6.45) is -3.94. The molecule has 0 aliphatic heterocycles. The standard InChI is InChI=1S/C18H17Cl2F3N2O2/c1-10(2)6-16(26)24-15-7-11(18(21,22)23)8-25(17(15)27)9-12-13(19)4-3-5-14(12)20/h3-5,7-8,10H,6,9H2,1-2H3,(H,24,26). The lowest BCUT2D eigenvalue weighted by Gasteiger charge is -2.16. The highest BCUT2D eigenvalue weighted by Crippen LogP contribution is 2.31. The number of amides is 1. The van der Waals surface area contributed by atoms with E-state index in [0.29, 0.717) is 17.8 Å². The highest BCUT2D eigenvalue weighted by molar-refractivity contribution is 6.35. The molecular weight excluding hydrogens is 404 g/mol. The molecule has 1 heterocycles. The molecule has 0 atom stereocenters. The summed E-state index contributed by atoms with van der Waals surface area (Å²) in [5, 5.41) is 2.71. The number of nitrogens with one attached hydrogen (secondary N) is 1. The number of hydrogen-bond acceptors (Lipinski definition) is 2. The number of carbonyl (C=O) groups excluding carboxylic acids is 1. The molecule has 27 heavy (non-hydrogen) atoms. The molecule has 0 aliphatic carbocycles. The number of aromatic nitrogens is 1. The number of benzene rings is 1. The predicted octanol–water partition coefficient (Wildman–Crippen LogP) is 5.21. The van der Waals surface area contributed by atoms with Crippen LogP contribution in [0.1, 0.15) is 31.4 Å². The van der Waals surface area contributed by atoms with Crippen LogP contribution < -0.4 is 10.9 Å². The molecule has 4 nitrogen and oxygen atoms in total. The van der Waals surface area contributed by atoms with Crippen LogP contribution in [-0.4, -0.2) is 10.5 Å². The minimum absolute atomic E-state index is 0.0139. The van der Waals surface area contributed by atoms with Crippen molar-refractivity contribution in [3.63, 3.8) is 0 Å². The molecule has 0 bridgehead atoms. The Bertz CT molecular complexity index is 888. The van der Waals surface area contributed by atoms with Gasteiger partial charge in [-0.1, -0.05) is 43.1 Å². The van der Waals surface area contributed by atoms with E-state index >= 15 is 0 Å². The van der Waals surface area contributed by atoms with Gasteiger partial charge in [0, 0.05) is 28.2 Å². The second-order valence-electron chi connectivity index (χ2n) is 6.42. The first-order valence-corrected chi connectivity index (χ1v) is 8.79. The minimum atomic E-state index is -4.70. The van der Waals surface area contributed by atoms with E-state index in [1.54, 1.807) is 19.9 Å². The zero-order valence-corrected chi connectivity index (χ0v) is 16.0. The maximum atomic E-state index is 13.2. The second-order valence-corrected chi connectivity index (χ2v) is 7.23. The van der Waals surface area contributed by atoms with Crippen molar-refractivity contribution in [1.29, 1.82) is 0 Å². The summed E-state index contributed by atoms with van der Waals surface area (Å²) in [6, 6.07) is 5.26. The van der Waals surface area contributed by atoms with Crippen molar-refractivity contribution in [1.82, 2.24) is 4.57 Å². The molecule has 0 saturated carbocycles. The fourth-order valence-corrected chi connectivity index (χ4v) is 2.94. The Labute approximate surface area is 163 Å². The fourth-order valence-electron chi connectivity index (χ4n) is 2.42. The van der Waals surface area contributed by atoms with Crippen LogP contribution in [0.2, 0.25) is 10.0 Å². The first kappa shape index (κ1) is 21.3. The zero-order chi connectivity index (χ0) is 20.4. The number of alkyl halides is 3. The number of carbonyl (C=O) groups is 1. The van der Waals surface area contributed by atoms with Gasteiger partial charge in [0.2, 0.25) is 5.91 Å². The smallest absolute Gasteiger partial charge is 0.321 e. The molecule has 1 aromatic carbocycles. The van der Waals surface area contributed by atoms with E-state index in [-0.39, 0.29) is 28.9 Å². The number of halogens is 5. The van der Waals surface area contributed by atoms with Crippen LogP contribution in [0, 0.1) is 5.92 Å². The van der Waals surface area contributed by atoms with E-state index in [0.717, 1.165) is 4.57 Å². The molecule has 146 valence electrons. The molecule has 1 aromatic heterocycles. The molecule has 0 spiro atoms. The van der Waals surface area contributed by atoms with Gasteiger partial charge in [-0.3, -0.25) is 9.59 Å². The summed E-state index contributed by atoms with van der Waals surface area (Å²) in [5.41, 5.74) is -1.98. The number of anilines is 1. The van der Waals surface area contributed by atoms with Gasteiger partial charge in [-0.25, -0.2) is 0 Å². The van der Waals surface area contributed by atoms with E-state index < -0.39 is 28.9 Å². The zero-order valence-electron chi connectivity index (χ0n) is 14.5. The van der Waals surface area contributed by atoms with Crippen LogP contribution in [0.25, 0.3) is 0 Å². The first-order valence-electron chi connectivity index (χ1n) is 8.03. The minimum Gasteiger partial charge on any atom is -0.321 e. The summed E-state index contributed by atoms with van der Waals surface area (Å²) in [4.78, 5) is 24.5. The predicted molar refractivity (Wildman–Crippen MR) is 99.4 cm³/mol. The molecule has 2 aromatic rings. The molecule has 0 aliphatic rings. The van der Waals surface area contributed by atoms with Crippen LogP contribution >= 0.6 is 23.2 Å². The van der Waals surface area contributed by atoms with Gasteiger partial charge in [0.15, 0.2) is 0 Å². The van der Waals surface area contributed by atoms with Gasteiger partial charge in [-0.2, -0.15) is 13.2 Å². The molecule has 0 radical (unpaired) electrons. The topological polar surface area (TPSA) is 51.1 Å². The summed E-state index contributed by atoms with van der Waals surface area (Å²) in [6.45, 7) is 3.29. The summed E-state index contributed by atoms with van der Waals surface area (Å²) in [7, 11) is 0. The van der Waals surface area contributed by atoms with Gasteiger partial charge in [0.05, 0.1) is 12.1 Å². The van der Waals surface area contributed by atoms with Crippen LogP contribution in [-0.2, 0) is 17.5 Å². The molecule has 2 rings (SSSR count). The maximum Gasteiger partial charge on any atom is 0.417 e. The lowest BCUT2D eigenvalue weighted by atomic mass is 10.1. The summed E-state index contributed by atoms with van der Waals surface area (Å²) >= 11 is 12.1. The van der Waals surface area contributed by atoms with E-state index in [9.17, 15) is 22.8 Å². The van der Waals surface area contributed by atoms with Crippen LogP contribution in [0.3, 0.4) is 0 Å². The normalized spacial score (nSPS) is 11.7. The highest BCUT2D eigenvalue weighted by atomic mass is 35.5. The Morgan fingerprint density at radius 2 is 1.81 bits per heavy atom. The lowest BCUT2D eigenvalue weighted by molar-refractivity contribution is -0.138. The Morgan fingerprint density at radius 1 is 1.22 bits per heavy atom. The average Bonchev–Trinajstić information content (AvgIpc) is 2.52. The van der Waals surface area contributed by atoms with Gasteiger partial charge in [0.1, 0.15) is 5.69 Å². The van der Waals surface area contributed by atoms with Gasteiger partial charge in [-0.05, 0) is 24.1 Å². The van der Waals surface area contributed by atoms with Crippen molar-refractivity contribution in [2.75, 3.05) is 5.32 Å². The third-order valence-electron chi connectivity index (χ3n) is 3.67. The highest BCUT2D eigenvalue weighted by Gasteiger charge is 2.32. The lowest BCUT2D eigenvalue weighted by Crippen LogP contribution is -2.28. The molecule has 0 fully saturated rings. The van der Waals surface area contributed by atoms with E-state index in [4.69, 9.17) is 23.2 Å². The monoisotopic (exact) mass is 420 g/mol. The van der Waals surface area contributed by atoms with Crippen molar-refractivity contribution >= 4 is 34.8 Å².